The Morgan fingerprint density at radius 1 is 1.14 bits per heavy atom. The molecule has 2 atom stereocenters. The molecule has 0 heterocycles. The van der Waals surface area contributed by atoms with Crippen molar-refractivity contribution in [3.8, 4) is 0 Å². The monoisotopic (exact) mass is 192 g/mol. The topological polar surface area (TPSA) is 0 Å². The molecule has 0 fully saturated rings. The van der Waals surface area contributed by atoms with Crippen molar-refractivity contribution in [1.29, 1.82) is 0 Å². The lowest BCUT2D eigenvalue weighted by molar-refractivity contribution is 0.579. The molecular formula is C14H24. The highest BCUT2D eigenvalue weighted by Crippen LogP contribution is 2.12. The molecule has 0 saturated heterocycles. The third-order valence-electron chi connectivity index (χ3n) is 2.64. The van der Waals surface area contributed by atoms with Gasteiger partial charge in [-0.3, -0.25) is 0 Å². The molecule has 0 amide bonds. The summed E-state index contributed by atoms with van der Waals surface area (Å²) < 4.78 is 0. The van der Waals surface area contributed by atoms with E-state index in [1.165, 1.54) is 19.3 Å². The molecule has 0 saturated carbocycles. The van der Waals surface area contributed by atoms with Gasteiger partial charge in [0.05, 0.1) is 0 Å². The Balaban J connectivity index is 3.52. The van der Waals surface area contributed by atoms with Crippen LogP contribution in [-0.4, -0.2) is 0 Å². The lowest BCUT2D eigenvalue weighted by atomic mass is 10.00. The van der Waals surface area contributed by atoms with Gasteiger partial charge in [-0.1, -0.05) is 38.2 Å². The van der Waals surface area contributed by atoms with Gasteiger partial charge in [0.1, 0.15) is 0 Å². The standard InChI is InChI=1S/C14H24/c1-5-13(4)11-9-8-10-12-14(6-2)7-3/h5-6,8-9,13-14H,1-2,7,10-12H2,3-4H3/t13?,14-/m0/s1. The lowest BCUT2D eigenvalue weighted by Gasteiger charge is -2.06. The van der Waals surface area contributed by atoms with E-state index in [1.54, 1.807) is 0 Å². The van der Waals surface area contributed by atoms with E-state index >= 15 is 0 Å². The summed E-state index contributed by atoms with van der Waals surface area (Å²) in [5.41, 5.74) is 0. The predicted octanol–water partition coefficient (Wildman–Crippen LogP) is 4.75. The van der Waals surface area contributed by atoms with Gasteiger partial charge in [-0.25, -0.2) is 0 Å². The Morgan fingerprint density at radius 2 is 1.86 bits per heavy atom. The van der Waals surface area contributed by atoms with Gasteiger partial charge in [0.15, 0.2) is 0 Å². The van der Waals surface area contributed by atoms with Crippen LogP contribution in [0.5, 0.6) is 0 Å². The van der Waals surface area contributed by atoms with E-state index < -0.39 is 0 Å². The second kappa shape index (κ2) is 8.80. The third-order valence-corrected chi connectivity index (χ3v) is 2.64. The molecule has 0 aromatic heterocycles. The number of hydrogen-bond acceptors (Lipinski definition) is 0. The molecule has 80 valence electrons. The highest BCUT2D eigenvalue weighted by atomic mass is 14.0. The summed E-state index contributed by atoms with van der Waals surface area (Å²) >= 11 is 0. The highest BCUT2D eigenvalue weighted by Gasteiger charge is 1.97. The van der Waals surface area contributed by atoms with Crippen molar-refractivity contribution in [2.75, 3.05) is 0 Å². The van der Waals surface area contributed by atoms with Crippen LogP contribution in [0.15, 0.2) is 37.5 Å². The van der Waals surface area contributed by atoms with Gasteiger partial charge in [-0.15, -0.1) is 13.2 Å². The molecule has 0 aromatic carbocycles. The first-order chi connectivity index (χ1) is 6.74. The van der Waals surface area contributed by atoms with Gasteiger partial charge in [0, 0.05) is 0 Å². The van der Waals surface area contributed by atoms with Crippen LogP contribution in [0, 0.1) is 11.8 Å². The molecule has 0 aromatic rings. The van der Waals surface area contributed by atoms with Crippen LogP contribution in [0.1, 0.15) is 39.5 Å². The van der Waals surface area contributed by atoms with Crippen LogP contribution in [0.3, 0.4) is 0 Å². The second-order valence-electron chi connectivity index (χ2n) is 3.90. The van der Waals surface area contributed by atoms with Gasteiger partial charge in [0.25, 0.3) is 0 Å². The van der Waals surface area contributed by atoms with Gasteiger partial charge in [-0.05, 0) is 37.5 Å². The Labute approximate surface area is 89.4 Å². The Morgan fingerprint density at radius 3 is 2.36 bits per heavy atom. The molecule has 1 unspecified atom stereocenters. The predicted molar refractivity (Wildman–Crippen MR) is 66.3 cm³/mol. The van der Waals surface area contributed by atoms with E-state index in [0.29, 0.717) is 11.8 Å². The van der Waals surface area contributed by atoms with Crippen LogP contribution >= 0.6 is 0 Å². The van der Waals surface area contributed by atoms with Gasteiger partial charge >= 0.3 is 0 Å². The Bertz CT molecular complexity index is 176. The Hall–Kier alpha value is -0.780. The molecule has 0 bridgehead atoms. The molecule has 0 nitrogen and oxygen atoms in total. The minimum atomic E-state index is 0.604. The zero-order valence-electron chi connectivity index (χ0n) is 9.71. The highest BCUT2D eigenvalue weighted by molar-refractivity contribution is 4.89. The minimum absolute atomic E-state index is 0.604. The maximum atomic E-state index is 3.83. The summed E-state index contributed by atoms with van der Waals surface area (Å²) in [6.07, 6.45) is 13.4. The fourth-order valence-corrected chi connectivity index (χ4v) is 1.32. The molecular weight excluding hydrogens is 168 g/mol. The van der Waals surface area contributed by atoms with Crippen molar-refractivity contribution in [3.05, 3.63) is 37.5 Å². The zero-order valence-corrected chi connectivity index (χ0v) is 9.71. The summed E-state index contributed by atoms with van der Waals surface area (Å²) in [4.78, 5) is 0. The molecule has 0 N–H and O–H groups in total. The average molecular weight is 192 g/mol. The first-order valence-corrected chi connectivity index (χ1v) is 5.64. The van der Waals surface area contributed by atoms with E-state index in [4.69, 9.17) is 0 Å². The number of hydrogen-bond donors (Lipinski definition) is 0. The van der Waals surface area contributed by atoms with Crippen molar-refractivity contribution in [3.63, 3.8) is 0 Å². The van der Waals surface area contributed by atoms with Crippen LogP contribution in [-0.2, 0) is 0 Å². The molecule has 0 aliphatic rings. The number of rotatable bonds is 8. The summed E-state index contributed by atoms with van der Waals surface area (Å²) in [6, 6.07) is 0. The maximum Gasteiger partial charge on any atom is -0.0230 e. The van der Waals surface area contributed by atoms with Crippen molar-refractivity contribution >= 4 is 0 Å². The third kappa shape index (κ3) is 6.71. The molecule has 0 aliphatic heterocycles. The summed E-state index contributed by atoms with van der Waals surface area (Å²) in [5, 5.41) is 0. The van der Waals surface area contributed by atoms with Gasteiger partial charge in [0.2, 0.25) is 0 Å². The minimum Gasteiger partial charge on any atom is -0.103 e. The number of allylic oxidation sites excluding steroid dienone is 4. The molecule has 14 heavy (non-hydrogen) atoms. The van der Waals surface area contributed by atoms with Crippen molar-refractivity contribution in [1.82, 2.24) is 0 Å². The van der Waals surface area contributed by atoms with Crippen molar-refractivity contribution < 1.29 is 0 Å². The SMILES string of the molecule is C=CC(C)CC=CCC[C@@H](C=C)CC. The van der Waals surface area contributed by atoms with E-state index in [9.17, 15) is 0 Å². The summed E-state index contributed by atoms with van der Waals surface area (Å²) in [7, 11) is 0. The van der Waals surface area contributed by atoms with E-state index in [2.05, 4.69) is 45.2 Å². The molecule has 0 aliphatic carbocycles. The summed E-state index contributed by atoms with van der Waals surface area (Å²) in [5.74, 6) is 1.30. The van der Waals surface area contributed by atoms with Crippen molar-refractivity contribution in [2.45, 2.75) is 39.5 Å². The van der Waals surface area contributed by atoms with Crippen LogP contribution in [0.25, 0.3) is 0 Å². The first kappa shape index (κ1) is 13.2. The fraction of sp³-hybridized carbons (Fsp3) is 0.571. The van der Waals surface area contributed by atoms with Gasteiger partial charge < -0.3 is 0 Å². The van der Waals surface area contributed by atoms with E-state index in [0.717, 1.165) is 6.42 Å². The van der Waals surface area contributed by atoms with Crippen LogP contribution in [0.4, 0.5) is 0 Å². The molecule has 0 heteroatoms. The molecule has 0 rings (SSSR count). The quantitative estimate of drug-likeness (QED) is 0.487. The summed E-state index contributed by atoms with van der Waals surface area (Å²) in [6.45, 7) is 12.0. The molecule has 0 radical (unpaired) electrons. The smallest absolute Gasteiger partial charge is 0.0230 e. The van der Waals surface area contributed by atoms with Gasteiger partial charge in [-0.2, -0.15) is 0 Å². The van der Waals surface area contributed by atoms with Crippen LogP contribution in [0.2, 0.25) is 0 Å². The zero-order chi connectivity index (χ0) is 10.8. The van der Waals surface area contributed by atoms with E-state index in [1.807, 2.05) is 6.08 Å². The second-order valence-corrected chi connectivity index (χ2v) is 3.90. The maximum absolute atomic E-state index is 3.83. The van der Waals surface area contributed by atoms with Crippen LogP contribution < -0.4 is 0 Å². The van der Waals surface area contributed by atoms with E-state index in [-0.39, 0.29) is 0 Å². The average Bonchev–Trinajstić information content (AvgIpc) is 2.23. The first-order valence-electron chi connectivity index (χ1n) is 5.64. The Kier molecular flexibility index (Phi) is 8.31. The lowest BCUT2D eigenvalue weighted by Crippen LogP contribution is -1.92. The molecule has 0 spiro atoms. The fourth-order valence-electron chi connectivity index (χ4n) is 1.32. The van der Waals surface area contributed by atoms with Crippen molar-refractivity contribution in [2.24, 2.45) is 11.8 Å². The largest absolute Gasteiger partial charge is 0.103 e. The normalized spacial score (nSPS) is 15.3.